The molecule has 1 aromatic heterocycles. The molecule has 4 heteroatoms. The number of rotatable bonds is 4. The van der Waals surface area contributed by atoms with E-state index in [2.05, 4.69) is 25.8 Å². The lowest BCUT2D eigenvalue weighted by Gasteiger charge is -2.19. The molecule has 0 atom stereocenters. The van der Waals surface area contributed by atoms with Crippen LogP contribution in [0.2, 0.25) is 0 Å². The van der Waals surface area contributed by atoms with Crippen molar-refractivity contribution in [3.8, 4) is 0 Å². The molecule has 0 bridgehead atoms. The van der Waals surface area contributed by atoms with E-state index in [-0.39, 0.29) is 5.60 Å². The lowest BCUT2D eigenvalue weighted by atomic mass is 10.2. The highest BCUT2D eigenvalue weighted by Crippen LogP contribution is 2.16. The number of aromatic nitrogens is 1. The number of hydrogen-bond donors (Lipinski definition) is 1. The van der Waals surface area contributed by atoms with E-state index in [1.165, 1.54) is 0 Å². The summed E-state index contributed by atoms with van der Waals surface area (Å²) < 4.78 is 5.60. The zero-order valence-electron chi connectivity index (χ0n) is 9.49. The van der Waals surface area contributed by atoms with Gasteiger partial charge in [0.05, 0.1) is 29.1 Å². The molecule has 0 fully saturated rings. The third-order valence-corrected chi connectivity index (χ3v) is 2.54. The average molecular weight is 226 g/mol. The van der Waals surface area contributed by atoms with Crippen molar-refractivity contribution >= 4 is 17.4 Å². The van der Waals surface area contributed by atoms with Gasteiger partial charge >= 0.3 is 0 Å². The Morgan fingerprint density at radius 3 is 2.67 bits per heavy atom. The average Bonchev–Trinajstić information content (AvgIpc) is 2.14. The van der Waals surface area contributed by atoms with E-state index < -0.39 is 0 Å². The number of thioether (sulfide) groups is 1. The number of nitrogens with zero attached hydrogens (tertiary/aromatic N) is 1. The molecule has 0 spiro atoms. The molecule has 2 N–H and O–H groups in total. The molecule has 1 heterocycles. The van der Waals surface area contributed by atoms with E-state index in [0.29, 0.717) is 5.69 Å². The molecule has 0 aliphatic carbocycles. The number of pyridine rings is 1. The van der Waals surface area contributed by atoms with E-state index in [4.69, 9.17) is 10.5 Å². The van der Waals surface area contributed by atoms with Gasteiger partial charge in [0.1, 0.15) is 0 Å². The van der Waals surface area contributed by atoms with Gasteiger partial charge in [0.25, 0.3) is 0 Å². The zero-order valence-corrected chi connectivity index (χ0v) is 10.3. The fourth-order valence-electron chi connectivity index (χ4n) is 0.971. The lowest BCUT2D eigenvalue weighted by Crippen LogP contribution is -2.20. The first-order valence-corrected chi connectivity index (χ1v) is 5.94. The summed E-state index contributed by atoms with van der Waals surface area (Å²) in [4.78, 5) is 4.19. The summed E-state index contributed by atoms with van der Waals surface area (Å²) in [6, 6.07) is 3.79. The number of nitrogens with two attached hydrogens (primary N) is 1. The molecule has 0 radical (unpaired) electrons. The lowest BCUT2D eigenvalue weighted by molar-refractivity contribution is 0.00694. The Morgan fingerprint density at radius 2 is 2.13 bits per heavy atom. The first kappa shape index (κ1) is 12.3. The minimum atomic E-state index is -0.0604. The molecule has 0 unspecified atom stereocenters. The number of nitrogen functional groups attached to an aromatic ring is 1. The summed E-state index contributed by atoms with van der Waals surface area (Å²) in [6.07, 6.45) is 1.67. The molecule has 15 heavy (non-hydrogen) atoms. The second kappa shape index (κ2) is 5.37. The highest BCUT2D eigenvalue weighted by molar-refractivity contribution is 7.99. The van der Waals surface area contributed by atoms with Gasteiger partial charge in [-0.05, 0) is 32.9 Å². The topological polar surface area (TPSA) is 48.1 Å². The van der Waals surface area contributed by atoms with Gasteiger partial charge in [0, 0.05) is 5.75 Å². The van der Waals surface area contributed by atoms with Crippen LogP contribution in [0.1, 0.15) is 20.8 Å². The molecule has 0 amide bonds. The van der Waals surface area contributed by atoms with Crippen molar-refractivity contribution in [1.82, 2.24) is 4.98 Å². The van der Waals surface area contributed by atoms with E-state index in [9.17, 15) is 0 Å². The third-order valence-electron chi connectivity index (χ3n) is 1.63. The SMILES string of the molecule is CC(C)(C)OCCSc1ccc(N)cn1. The Hall–Kier alpha value is -0.740. The van der Waals surface area contributed by atoms with Crippen molar-refractivity contribution in [2.45, 2.75) is 31.4 Å². The maximum atomic E-state index is 5.60. The largest absolute Gasteiger partial charge is 0.397 e. The van der Waals surface area contributed by atoms with Crippen molar-refractivity contribution in [1.29, 1.82) is 0 Å². The highest BCUT2D eigenvalue weighted by Gasteiger charge is 2.09. The van der Waals surface area contributed by atoms with Gasteiger partial charge in [0.2, 0.25) is 0 Å². The van der Waals surface area contributed by atoms with Crippen molar-refractivity contribution < 1.29 is 4.74 Å². The van der Waals surface area contributed by atoms with Crippen LogP contribution in [0.15, 0.2) is 23.4 Å². The predicted molar refractivity (Wildman–Crippen MR) is 65.1 cm³/mol. The van der Waals surface area contributed by atoms with Gasteiger partial charge in [-0.15, -0.1) is 11.8 Å². The van der Waals surface area contributed by atoms with Crippen molar-refractivity contribution in [2.75, 3.05) is 18.1 Å². The standard InChI is InChI=1S/C11H18N2OS/c1-11(2,3)14-6-7-15-10-5-4-9(12)8-13-10/h4-5,8H,6-7,12H2,1-3H3. The second-order valence-electron chi connectivity index (χ2n) is 4.24. The molecule has 1 rings (SSSR count). The van der Waals surface area contributed by atoms with Crippen LogP contribution in [-0.2, 0) is 4.74 Å². The zero-order chi connectivity index (χ0) is 11.3. The van der Waals surface area contributed by atoms with Crippen molar-refractivity contribution in [2.24, 2.45) is 0 Å². The summed E-state index contributed by atoms with van der Waals surface area (Å²) >= 11 is 1.68. The number of anilines is 1. The van der Waals surface area contributed by atoms with Crippen LogP contribution in [0.4, 0.5) is 5.69 Å². The smallest absolute Gasteiger partial charge is 0.0962 e. The summed E-state index contributed by atoms with van der Waals surface area (Å²) in [5.41, 5.74) is 6.18. The Balaban J connectivity index is 2.23. The second-order valence-corrected chi connectivity index (χ2v) is 5.35. The Labute approximate surface area is 95.4 Å². The highest BCUT2D eigenvalue weighted by atomic mass is 32.2. The van der Waals surface area contributed by atoms with Crippen LogP contribution in [0, 0.1) is 0 Å². The van der Waals surface area contributed by atoms with Crippen LogP contribution in [0.3, 0.4) is 0 Å². The van der Waals surface area contributed by atoms with Gasteiger partial charge in [-0.3, -0.25) is 0 Å². The van der Waals surface area contributed by atoms with Gasteiger partial charge in [-0.1, -0.05) is 0 Å². The van der Waals surface area contributed by atoms with Crippen LogP contribution in [0.25, 0.3) is 0 Å². The summed E-state index contributed by atoms with van der Waals surface area (Å²) in [5, 5.41) is 0.988. The first-order chi connectivity index (χ1) is 6.97. The minimum absolute atomic E-state index is 0.0604. The van der Waals surface area contributed by atoms with Gasteiger partial charge in [-0.25, -0.2) is 4.98 Å². The minimum Gasteiger partial charge on any atom is -0.397 e. The molecular formula is C11H18N2OS. The molecule has 84 valence electrons. The van der Waals surface area contributed by atoms with E-state index in [1.54, 1.807) is 18.0 Å². The maximum Gasteiger partial charge on any atom is 0.0962 e. The fraction of sp³-hybridized carbons (Fsp3) is 0.545. The molecule has 3 nitrogen and oxygen atoms in total. The molecule has 0 aliphatic heterocycles. The number of ether oxygens (including phenoxy) is 1. The third kappa shape index (κ3) is 5.64. The molecular weight excluding hydrogens is 208 g/mol. The van der Waals surface area contributed by atoms with Gasteiger partial charge in [-0.2, -0.15) is 0 Å². The van der Waals surface area contributed by atoms with Crippen LogP contribution < -0.4 is 5.73 Å². The van der Waals surface area contributed by atoms with Gasteiger partial charge < -0.3 is 10.5 Å². The Morgan fingerprint density at radius 1 is 1.40 bits per heavy atom. The van der Waals surface area contributed by atoms with E-state index >= 15 is 0 Å². The predicted octanol–water partition coefficient (Wildman–Crippen LogP) is 2.57. The molecule has 0 aliphatic rings. The van der Waals surface area contributed by atoms with E-state index in [1.807, 2.05) is 12.1 Å². The first-order valence-electron chi connectivity index (χ1n) is 4.96. The molecule has 0 aromatic carbocycles. The van der Waals surface area contributed by atoms with Crippen LogP contribution in [0.5, 0.6) is 0 Å². The monoisotopic (exact) mass is 226 g/mol. The quantitative estimate of drug-likeness (QED) is 0.633. The Kier molecular flexibility index (Phi) is 4.42. The van der Waals surface area contributed by atoms with Crippen LogP contribution >= 0.6 is 11.8 Å². The maximum absolute atomic E-state index is 5.60. The van der Waals surface area contributed by atoms with E-state index in [0.717, 1.165) is 17.4 Å². The summed E-state index contributed by atoms with van der Waals surface area (Å²) in [5.74, 6) is 0.911. The summed E-state index contributed by atoms with van der Waals surface area (Å²) in [7, 11) is 0. The fourth-order valence-corrected chi connectivity index (χ4v) is 1.64. The van der Waals surface area contributed by atoms with Gasteiger partial charge in [0.15, 0.2) is 0 Å². The molecule has 0 saturated carbocycles. The normalized spacial score (nSPS) is 11.7. The molecule has 1 aromatic rings. The van der Waals surface area contributed by atoms with Crippen molar-refractivity contribution in [3.05, 3.63) is 18.3 Å². The summed E-state index contributed by atoms with van der Waals surface area (Å²) in [6.45, 7) is 6.90. The number of hydrogen-bond acceptors (Lipinski definition) is 4. The van der Waals surface area contributed by atoms with Crippen LogP contribution in [-0.4, -0.2) is 22.9 Å². The van der Waals surface area contributed by atoms with Crippen molar-refractivity contribution in [3.63, 3.8) is 0 Å². The Bertz CT molecular complexity index is 292. The molecule has 0 saturated heterocycles.